The smallest absolute Gasteiger partial charge is 0.415 e. The summed E-state index contributed by atoms with van der Waals surface area (Å²) in [4.78, 5) is 37.6. The lowest BCUT2D eigenvalue weighted by Gasteiger charge is -2.30. The van der Waals surface area contributed by atoms with Crippen LogP contribution in [-0.2, 0) is 30.8 Å². The summed E-state index contributed by atoms with van der Waals surface area (Å²) in [5.41, 5.74) is 0.189. The number of aromatic nitrogens is 2. The lowest BCUT2D eigenvalue weighted by molar-refractivity contribution is 0.0588. The number of halogens is 3. The molecule has 0 atom stereocenters. The molecule has 0 saturated carbocycles. The molecule has 3 aromatic carbocycles. The van der Waals surface area contributed by atoms with Gasteiger partial charge in [-0.15, -0.1) is 11.3 Å². The minimum atomic E-state index is -4.90. The minimum Gasteiger partial charge on any atom is -0.445 e. The Hall–Kier alpha value is -5.52. The highest BCUT2D eigenvalue weighted by Crippen LogP contribution is 2.44. The van der Waals surface area contributed by atoms with Crippen molar-refractivity contribution in [2.45, 2.75) is 56.6 Å². The molecule has 58 heavy (non-hydrogen) atoms. The third-order valence-corrected chi connectivity index (χ3v) is 12.2. The topological polar surface area (TPSA) is 131 Å². The summed E-state index contributed by atoms with van der Waals surface area (Å²) in [5.74, 6) is -3.16. The lowest BCUT2D eigenvalue weighted by Crippen LogP contribution is -2.38. The number of rotatable bonds is 11. The number of likely N-dealkylation sites (tertiary alicyclic amines) is 1. The fourth-order valence-corrected chi connectivity index (χ4v) is 8.95. The molecule has 1 aliphatic rings. The van der Waals surface area contributed by atoms with Crippen LogP contribution in [0.3, 0.4) is 0 Å². The molecule has 0 radical (unpaired) electrons. The summed E-state index contributed by atoms with van der Waals surface area (Å²) in [6, 6.07) is 18.7. The molecule has 306 valence electrons. The first-order valence-electron chi connectivity index (χ1n) is 18.2. The average Bonchev–Trinajstić information content (AvgIpc) is 3.65. The van der Waals surface area contributed by atoms with Crippen LogP contribution in [0, 0.1) is 17.5 Å². The molecule has 6 rings (SSSR count). The number of ether oxygens (including phenoxy) is 3. The van der Waals surface area contributed by atoms with E-state index in [0.29, 0.717) is 57.8 Å². The molecule has 1 fully saturated rings. The van der Waals surface area contributed by atoms with Crippen LogP contribution in [0.5, 0.6) is 0 Å². The Morgan fingerprint density at radius 3 is 2.38 bits per heavy atom. The van der Waals surface area contributed by atoms with Crippen molar-refractivity contribution < 1.29 is 45.4 Å². The highest BCUT2D eigenvalue weighted by Gasteiger charge is 2.34. The maximum Gasteiger partial charge on any atom is 0.415 e. The normalized spacial score (nSPS) is 13.6. The van der Waals surface area contributed by atoms with Gasteiger partial charge in [-0.1, -0.05) is 36.4 Å². The van der Waals surface area contributed by atoms with Gasteiger partial charge in [-0.25, -0.2) is 45.5 Å². The number of carbonyl (C=O) groups is 2. The van der Waals surface area contributed by atoms with Crippen LogP contribution < -0.4 is 9.21 Å². The van der Waals surface area contributed by atoms with Crippen LogP contribution in [0.25, 0.3) is 21.7 Å². The van der Waals surface area contributed by atoms with E-state index in [9.17, 15) is 26.8 Å². The first-order chi connectivity index (χ1) is 27.6. The molecule has 0 N–H and O–H groups in total. The molecule has 1 aliphatic heterocycles. The van der Waals surface area contributed by atoms with Crippen molar-refractivity contribution >= 4 is 45.1 Å². The number of methoxy groups -OCH3 is 1. The van der Waals surface area contributed by atoms with Gasteiger partial charge in [0.25, 0.3) is 10.0 Å². The third-order valence-electron chi connectivity index (χ3n) is 9.18. The summed E-state index contributed by atoms with van der Waals surface area (Å²) in [6.07, 6.45) is 1.45. The quantitative estimate of drug-likeness (QED) is 0.120. The molecule has 0 spiro atoms. The second-order valence-electron chi connectivity index (χ2n) is 14.5. The Bertz CT molecular complexity index is 2390. The highest BCUT2D eigenvalue weighted by molar-refractivity contribution is 7.92. The summed E-state index contributed by atoms with van der Waals surface area (Å²) in [7, 11) is -2.21. The SMILES string of the molecule is COCN(c1cccc(-c2nc(C3CCN(C(=O)OCc4ccccc4)CC3)sc2-c2ccnc(N(C)C(=O)OC(C)(C)C)c2)c1F)S(=O)(=O)c1cc(F)ccc1F. The molecule has 12 nitrogen and oxygen atoms in total. The van der Waals surface area contributed by atoms with Crippen molar-refractivity contribution in [3.63, 3.8) is 0 Å². The molecule has 2 amide bonds. The standard InChI is InChI=1S/C41H42F3N5O7S2/c1-41(2,3)56-39(50)47(4)34-22-28(16-19-45-34)37-36(46-38(57-37)27-17-20-48(21-18-27)40(51)55-24-26-10-7-6-8-11-26)30-12-9-13-32(35(30)44)49(25-54-5)58(52,53)33-23-29(42)14-15-31(33)43/h6-16,19,22-23,27H,17-18,20-21,24-25H2,1-5H3. The van der Waals surface area contributed by atoms with E-state index in [1.165, 1.54) is 54.8 Å². The molecule has 2 aromatic heterocycles. The Balaban J connectivity index is 1.38. The molecule has 3 heterocycles. The second kappa shape index (κ2) is 17.5. The van der Waals surface area contributed by atoms with Gasteiger partial charge < -0.3 is 19.1 Å². The number of amides is 2. The maximum absolute atomic E-state index is 17.0. The van der Waals surface area contributed by atoms with E-state index in [1.807, 2.05) is 30.3 Å². The second-order valence-corrected chi connectivity index (χ2v) is 17.3. The number of anilines is 2. The van der Waals surface area contributed by atoms with E-state index >= 15 is 4.39 Å². The fraction of sp³-hybridized carbons (Fsp3) is 0.317. The molecule has 5 aromatic rings. The average molecular weight is 838 g/mol. The van der Waals surface area contributed by atoms with Crippen LogP contribution in [-0.4, -0.2) is 75.1 Å². The van der Waals surface area contributed by atoms with E-state index in [1.54, 1.807) is 37.8 Å². The third kappa shape index (κ3) is 9.43. The molecular formula is C41H42F3N5O7S2. The number of hydrogen-bond donors (Lipinski definition) is 0. The zero-order valence-corrected chi connectivity index (χ0v) is 34.1. The summed E-state index contributed by atoms with van der Waals surface area (Å²) in [5, 5.41) is 0.633. The number of sulfonamides is 1. The Morgan fingerprint density at radius 1 is 0.966 bits per heavy atom. The van der Waals surface area contributed by atoms with Crippen LogP contribution in [0.15, 0.2) is 90.0 Å². The van der Waals surface area contributed by atoms with Crippen LogP contribution >= 0.6 is 11.3 Å². The van der Waals surface area contributed by atoms with E-state index < -0.39 is 62.6 Å². The molecule has 17 heteroatoms. The monoisotopic (exact) mass is 837 g/mol. The summed E-state index contributed by atoms with van der Waals surface area (Å²) < 4.78 is 90.4. The number of piperidine rings is 1. The van der Waals surface area contributed by atoms with Gasteiger partial charge in [-0.05, 0) is 87.2 Å². The number of hydrogen-bond acceptors (Lipinski definition) is 10. The Morgan fingerprint density at radius 2 is 1.69 bits per heavy atom. The molecule has 0 unspecified atom stereocenters. The predicted octanol–water partition coefficient (Wildman–Crippen LogP) is 8.98. The first-order valence-corrected chi connectivity index (χ1v) is 20.5. The van der Waals surface area contributed by atoms with Crippen LogP contribution in [0.2, 0.25) is 0 Å². The van der Waals surface area contributed by atoms with Crippen molar-refractivity contribution in [3.05, 3.63) is 113 Å². The maximum atomic E-state index is 17.0. The van der Waals surface area contributed by atoms with Gasteiger partial charge >= 0.3 is 12.2 Å². The van der Waals surface area contributed by atoms with Crippen LogP contribution in [0.1, 0.15) is 50.1 Å². The Kier molecular flexibility index (Phi) is 12.7. The number of benzene rings is 3. The first kappa shape index (κ1) is 42.1. The van der Waals surface area contributed by atoms with E-state index in [4.69, 9.17) is 19.2 Å². The number of nitrogens with zero attached hydrogens (tertiary/aromatic N) is 5. The van der Waals surface area contributed by atoms with Crippen LogP contribution in [0.4, 0.5) is 34.3 Å². The van der Waals surface area contributed by atoms with Crippen molar-refractivity contribution in [2.24, 2.45) is 0 Å². The van der Waals surface area contributed by atoms with Crippen molar-refractivity contribution in [1.82, 2.24) is 14.9 Å². The van der Waals surface area contributed by atoms with Crippen molar-refractivity contribution in [3.8, 4) is 21.7 Å². The molecule has 0 aliphatic carbocycles. The van der Waals surface area contributed by atoms with Gasteiger partial charge in [0.1, 0.15) is 41.3 Å². The number of carbonyl (C=O) groups excluding carboxylic acids is 2. The highest BCUT2D eigenvalue weighted by atomic mass is 32.2. The largest absolute Gasteiger partial charge is 0.445 e. The molecular weight excluding hydrogens is 796 g/mol. The predicted molar refractivity (Wildman–Crippen MR) is 213 cm³/mol. The summed E-state index contributed by atoms with van der Waals surface area (Å²) >= 11 is 1.29. The number of thiazole rings is 1. The van der Waals surface area contributed by atoms with Gasteiger partial charge in [0.05, 0.1) is 21.3 Å². The minimum absolute atomic E-state index is 0.0909. The summed E-state index contributed by atoms with van der Waals surface area (Å²) in [6.45, 7) is 5.39. The molecule has 0 bridgehead atoms. The van der Waals surface area contributed by atoms with Crippen molar-refractivity contribution in [1.29, 1.82) is 0 Å². The van der Waals surface area contributed by atoms with E-state index in [-0.39, 0.29) is 29.6 Å². The molecule has 1 saturated heterocycles. The van der Waals surface area contributed by atoms with Gasteiger partial charge in [-0.3, -0.25) is 4.90 Å². The Labute approximate surface area is 338 Å². The zero-order chi connectivity index (χ0) is 41.8. The van der Waals surface area contributed by atoms with Crippen molar-refractivity contribution in [2.75, 3.05) is 43.2 Å². The number of pyridine rings is 1. The van der Waals surface area contributed by atoms with E-state index in [2.05, 4.69) is 4.98 Å². The lowest BCUT2D eigenvalue weighted by atomic mass is 9.97. The van der Waals surface area contributed by atoms with Gasteiger partial charge in [0, 0.05) is 44.9 Å². The van der Waals surface area contributed by atoms with Gasteiger partial charge in [0.15, 0.2) is 5.82 Å². The van der Waals surface area contributed by atoms with Gasteiger partial charge in [0.2, 0.25) is 0 Å². The van der Waals surface area contributed by atoms with Gasteiger partial charge in [-0.2, -0.15) is 0 Å². The zero-order valence-electron chi connectivity index (χ0n) is 32.4. The fourth-order valence-electron chi connectivity index (χ4n) is 6.25. The van der Waals surface area contributed by atoms with E-state index in [0.717, 1.165) is 11.6 Å².